The van der Waals surface area contributed by atoms with Gasteiger partial charge >= 0.3 is 0 Å². The fourth-order valence-corrected chi connectivity index (χ4v) is 4.85. The number of thiophene rings is 2. The molecule has 0 aliphatic heterocycles. The van der Waals surface area contributed by atoms with Gasteiger partial charge in [0.1, 0.15) is 5.38 Å². The summed E-state index contributed by atoms with van der Waals surface area (Å²) in [6.07, 6.45) is 0. The molecule has 2 atom stereocenters. The van der Waals surface area contributed by atoms with Gasteiger partial charge in [0.15, 0.2) is 5.78 Å². The highest BCUT2D eigenvalue weighted by Gasteiger charge is 2.28. The van der Waals surface area contributed by atoms with Crippen LogP contribution in [0.1, 0.15) is 19.9 Å². The molecule has 18 heavy (non-hydrogen) atoms. The maximum atomic E-state index is 12.1. The quantitative estimate of drug-likeness (QED) is 0.407. The van der Waals surface area contributed by atoms with Crippen LogP contribution in [0, 0.1) is 0 Å². The number of halogens is 4. The molecule has 0 radical (unpaired) electrons. The number of carbonyl (C=O) groups is 1. The Morgan fingerprint density at radius 1 is 1.06 bits per heavy atom. The van der Waals surface area contributed by atoms with E-state index in [1.165, 1.54) is 22.7 Å². The van der Waals surface area contributed by atoms with Gasteiger partial charge in [-0.05, 0) is 56.1 Å². The van der Waals surface area contributed by atoms with Gasteiger partial charge in [-0.3, -0.25) is 4.79 Å². The van der Waals surface area contributed by atoms with Gasteiger partial charge < -0.3 is 0 Å². The Morgan fingerprint density at radius 2 is 1.67 bits per heavy atom. The molecule has 7 heteroatoms. The molecule has 2 heterocycles. The summed E-state index contributed by atoms with van der Waals surface area (Å²) < 4.78 is 1.87. The summed E-state index contributed by atoms with van der Waals surface area (Å²) in [5.41, 5.74) is 0. The third-order valence-electron chi connectivity index (χ3n) is 2.19. The van der Waals surface area contributed by atoms with E-state index in [0.717, 1.165) is 12.4 Å². The van der Waals surface area contributed by atoms with Crippen molar-refractivity contribution >= 4 is 83.5 Å². The molecule has 0 fully saturated rings. The third-order valence-corrected chi connectivity index (χ3v) is 6.73. The molecule has 2 rings (SSSR count). The summed E-state index contributed by atoms with van der Waals surface area (Å²) in [5.74, 6) is -0.142. The second-order valence-corrected chi connectivity index (χ2v) is 9.31. The zero-order chi connectivity index (χ0) is 13.3. The van der Waals surface area contributed by atoms with Crippen LogP contribution in [-0.4, -0.2) is 11.2 Å². The van der Waals surface area contributed by atoms with E-state index in [9.17, 15) is 4.79 Å². The van der Waals surface area contributed by atoms with Crippen molar-refractivity contribution in [2.75, 3.05) is 0 Å². The van der Waals surface area contributed by atoms with Gasteiger partial charge in [-0.15, -0.1) is 45.9 Å². The molecule has 0 N–H and O–H groups in total. The molecule has 2 aromatic heterocycles. The molecule has 0 aliphatic carbocycles. The van der Waals surface area contributed by atoms with Crippen LogP contribution < -0.4 is 0 Å². The number of hydrogen-bond acceptors (Lipinski definition) is 3. The van der Waals surface area contributed by atoms with Gasteiger partial charge in [-0.25, -0.2) is 0 Å². The highest BCUT2D eigenvalue weighted by atomic mass is 79.9. The average Bonchev–Trinajstić information content (AvgIpc) is 2.95. The predicted molar refractivity (Wildman–Crippen MR) is 86.6 cm³/mol. The molecule has 0 amide bonds. The molecule has 1 nitrogen and oxygen atoms in total. The van der Waals surface area contributed by atoms with E-state index in [1.54, 1.807) is 6.07 Å². The Labute approximate surface area is 139 Å². The summed E-state index contributed by atoms with van der Waals surface area (Å²) in [6, 6.07) is 7.34. The number of hydrogen-bond donors (Lipinski definition) is 0. The Kier molecular flexibility index (Phi) is 5.31. The minimum atomic E-state index is -0.761. The molecule has 2 aromatic rings. The molecule has 0 saturated heterocycles. The highest BCUT2D eigenvalue weighted by molar-refractivity contribution is 9.11. The lowest BCUT2D eigenvalue weighted by Crippen LogP contribution is -2.18. The van der Waals surface area contributed by atoms with Crippen LogP contribution in [0.2, 0.25) is 0 Å². The van der Waals surface area contributed by atoms with E-state index in [2.05, 4.69) is 31.9 Å². The lowest BCUT2D eigenvalue weighted by atomic mass is 10.1. The number of ketones is 1. The predicted octanol–water partition coefficient (Wildman–Crippen LogP) is 6.10. The zero-order valence-electron chi connectivity index (χ0n) is 8.70. The fraction of sp³-hybridized carbons (Fsp3) is 0.182. The Balaban J connectivity index is 2.16. The summed E-state index contributed by atoms with van der Waals surface area (Å²) in [5, 5.41) is -1.28. The topological polar surface area (TPSA) is 17.1 Å². The third kappa shape index (κ3) is 3.38. The molecular weight excluding hydrogens is 443 g/mol. The molecule has 0 aromatic carbocycles. The van der Waals surface area contributed by atoms with E-state index in [1.807, 2.05) is 18.2 Å². The monoisotopic (exact) mass is 446 g/mol. The van der Waals surface area contributed by atoms with Crippen molar-refractivity contribution in [3.05, 3.63) is 41.6 Å². The van der Waals surface area contributed by atoms with Crippen molar-refractivity contribution in [2.45, 2.75) is 10.8 Å². The van der Waals surface area contributed by atoms with Gasteiger partial charge in [-0.1, -0.05) is 0 Å². The maximum absolute atomic E-state index is 12.1. The summed E-state index contributed by atoms with van der Waals surface area (Å²) in [7, 11) is 0. The first-order valence-electron chi connectivity index (χ1n) is 4.82. The molecule has 0 unspecified atom stereocenters. The van der Waals surface area contributed by atoms with Gasteiger partial charge in [0, 0.05) is 4.88 Å². The van der Waals surface area contributed by atoms with Crippen LogP contribution in [0.5, 0.6) is 0 Å². The molecule has 96 valence electrons. The number of Topliss-reactive ketones (excluding diaryl/α,β-unsaturated/α-hetero) is 1. The van der Waals surface area contributed by atoms with Crippen molar-refractivity contribution < 1.29 is 4.79 Å². The van der Waals surface area contributed by atoms with Gasteiger partial charge in [0.2, 0.25) is 0 Å². The van der Waals surface area contributed by atoms with Crippen molar-refractivity contribution in [3.63, 3.8) is 0 Å². The van der Waals surface area contributed by atoms with Crippen LogP contribution in [0.3, 0.4) is 0 Å². The largest absolute Gasteiger partial charge is 0.292 e. The van der Waals surface area contributed by atoms with E-state index in [4.69, 9.17) is 23.2 Å². The lowest BCUT2D eigenvalue weighted by Gasteiger charge is -2.12. The molecule has 0 spiro atoms. The van der Waals surface area contributed by atoms with Crippen LogP contribution in [0.4, 0.5) is 0 Å². The minimum Gasteiger partial charge on any atom is -0.292 e. The zero-order valence-corrected chi connectivity index (χ0v) is 15.0. The fourth-order valence-electron chi connectivity index (χ4n) is 1.34. The standard InChI is InChI=1S/C11H6Br2Cl2OS2/c12-7-3-1-5(17-7)9(14)10(15)11(16)6-2-4-8(13)18-6/h1-4,9-10H/t9-,10+/m0/s1. The minimum absolute atomic E-state index is 0.142. The van der Waals surface area contributed by atoms with E-state index in [-0.39, 0.29) is 5.78 Å². The molecule has 0 aliphatic rings. The average molecular weight is 449 g/mol. The molecule has 0 saturated carbocycles. The van der Waals surface area contributed by atoms with Crippen molar-refractivity contribution in [2.24, 2.45) is 0 Å². The summed E-state index contributed by atoms with van der Waals surface area (Å²) in [6.45, 7) is 0. The summed E-state index contributed by atoms with van der Waals surface area (Å²) >= 11 is 21.9. The Morgan fingerprint density at radius 3 is 2.17 bits per heavy atom. The second kappa shape index (κ2) is 6.37. The Bertz CT molecular complexity index is 567. The highest BCUT2D eigenvalue weighted by Crippen LogP contribution is 2.37. The first kappa shape index (κ1) is 15.0. The van der Waals surface area contributed by atoms with Gasteiger partial charge in [-0.2, -0.15) is 0 Å². The van der Waals surface area contributed by atoms with Crippen LogP contribution in [-0.2, 0) is 0 Å². The van der Waals surface area contributed by atoms with Crippen LogP contribution >= 0.6 is 77.7 Å². The first-order chi connectivity index (χ1) is 8.49. The Hall–Kier alpha value is 0.610. The van der Waals surface area contributed by atoms with E-state index in [0.29, 0.717) is 4.88 Å². The maximum Gasteiger partial charge on any atom is 0.192 e. The SMILES string of the molecule is O=C(c1ccc(Br)s1)[C@H](Cl)[C@@H](Cl)c1ccc(Br)s1. The summed E-state index contributed by atoms with van der Waals surface area (Å²) in [4.78, 5) is 13.6. The van der Waals surface area contributed by atoms with Crippen LogP contribution in [0.15, 0.2) is 31.8 Å². The second-order valence-electron chi connectivity index (χ2n) is 3.41. The van der Waals surface area contributed by atoms with Gasteiger partial charge in [0.25, 0.3) is 0 Å². The number of alkyl halides is 2. The van der Waals surface area contributed by atoms with E-state index >= 15 is 0 Å². The lowest BCUT2D eigenvalue weighted by molar-refractivity contribution is 0.0989. The smallest absolute Gasteiger partial charge is 0.192 e. The van der Waals surface area contributed by atoms with Crippen molar-refractivity contribution in [1.82, 2.24) is 0 Å². The van der Waals surface area contributed by atoms with Crippen molar-refractivity contribution in [3.8, 4) is 0 Å². The van der Waals surface area contributed by atoms with Crippen LogP contribution in [0.25, 0.3) is 0 Å². The number of rotatable bonds is 4. The van der Waals surface area contributed by atoms with E-state index < -0.39 is 10.8 Å². The van der Waals surface area contributed by atoms with Gasteiger partial charge in [0.05, 0.1) is 17.8 Å². The number of carbonyl (C=O) groups excluding carboxylic acids is 1. The first-order valence-corrected chi connectivity index (χ1v) is 8.91. The van der Waals surface area contributed by atoms with Crippen molar-refractivity contribution in [1.29, 1.82) is 0 Å². The molecule has 0 bridgehead atoms. The molecular formula is C11H6Br2Cl2OS2. The normalized spacial score (nSPS) is 14.4.